The van der Waals surface area contributed by atoms with Crippen LogP contribution in [0.25, 0.3) is 0 Å². The van der Waals surface area contributed by atoms with Crippen molar-refractivity contribution in [2.75, 3.05) is 11.6 Å². The fourth-order valence-electron chi connectivity index (χ4n) is 3.01. The summed E-state index contributed by atoms with van der Waals surface area (Å²) in [5.41, 5.74) is 1.72. The molecule has 0 atom stereocenters. The second kappa shape index (κ2) is 6.57. The number of aromatic nitrogens is 2. The Kier molecular flexibility index (Phi) is 4.52. The number of benzene rings is 1. The van der Waals surface area contributed by atoms with Crippen LogP contribution in [0.2, 0.25) is 0 Å². The molecule has 0 radical (unpaired) electrons. The molecule has 0 aliphatic heterocycles. The number of carbonyl (C=O) groups excluding carboxylic acids is 1. The highest BCUT2D eigenvalue weighted by atomic mass is 32.2. The number of nitrogens with zero attached hydrogens (tertiary/aromatic N) is 2. The molecule has 1 amide bonds. The highest BCUT2D eigenvalue weighted by Gasteiger charge is 2.21. The van der Waals surface area contributed by atoms with E-state index in [-0.39, 0.29) is 5.91 Å². The van der Waals surface area contributed by atoms with Crippen molar-refractivity contribution in [3.8, 4) is 0 Å². The number of nitrogens with one attached hydrogen (secondary N) is 1. The average Bonchev–Trinajstić information content (AvgIpc) is 3.18. The second-order valence-electron chi connectivity index (χ2n) is 5.73. The van der Waals surface area contributed by atoms with Gasteiger partial charge in [0, 0.05) is 16.5 Å². The molecule has 4 nitrogen and oxygen atoms in total. The third kappa shape index (κ3) is 3.04. The molecule has 1 N–H and O–H groups in total. The standard InChI is InChI=1S/C17H21N3OS/c1-12-7-8-14(22-2)11-15(12)17(21)19-16-9-10-18-20(16)13-5-3-4-6-13/h7-11,13H,3-6H2,1-2H3,(H,19,21). The highest BCUT2D eigenvalue weighted by molar-refractivity contribution is 7.98. The molecule has 0 unspecified atom stereocenters. The number of anilines is 1. The Morgan fingerprint density at radius 2 is 2.09 bits per heavy atom. The van der Waals surface area contributed by atoms with Gasteiger partial charge < -0.3 is 5.32 Å². The van der Waals surface area contributed by atoms with E-state index in [0.717, 1.165) is 34.7 Å². The Hall–Kier alpha value is -1.75. The van der Waals surface area contributed by atoms with Crippen molar-refractivity contribution < 1.29 is 4.79 Å². The number of hydrogen-bond donors (Lipinski definition) is 1. The fraction of sp³-hybridized carbons (Fsp3) is 0.412. The van der Waals surface area contributed by atoms with Crippen LogP contribution in [0.5, 0.6) is 0 Å². The van der Waals surface area contributed by atoms with Gasteiger partial charge in [-0.15, -0.1) is 11.8 Å². The summed E-state index contributed by atoms with van der Waals surface area (Å²) >= 11 is 1.64. The fourth-order valence-corrected chi connectivity index (χ4v) is 3.45. The molecule has 1 aromatic carbocycles. The maximum Gasteiger partial charge on any atom is 0.257 e. The van der Waals surface area contributed by atoms with Crippen molar-refractivity contribution in [3.63, 3.8) is 0 Å². The van der Waals surface area contributed by atoms with Crippen molar-refractivity contribution in [2.24, 2.45) is 0 Å². The zero-order chi connectivity index (χ0) is 15.5. The summed E-state index contributed by atoms with van der Waals surface area (Å²) < 4.78 is 1.97. The predicted molar refractivity (Wildman–Crippen MR) is 90.6 cm³/mol. The van der Waals surface area contributed by atoms with Crippen LogP contribution in [-0.4, -0.2) is 21.9 Å². The minimum Gasteiger partial charge on any atom is -0.307 e. The Bertz CT molecular complexity index is 674. The van der Waals surface area contributed by atoms with Crippen LogP contribution in [0, 0.1) is 6.92 Å². The summed E-state index contributed by atoms with van der Waals surface area (Å²) in [6.07, 6.45) is 8.55. The molecule has 1 fully saturated rings. The lowest BCUT2D eigenvalue weighted by molar-refractivity contribution is 0.102. The van der Waals surface area contributed by atoms with E-state index in [0.29, 0.717) is 6.04 Å². The summed E-state index contributed by atoms with van der Waals surface area (Å²) in [6.45, 7) is 1.97. The molecular formula is C17H21N3OS. The zero-order valence-electron chi connectivity index (χ0n) is 13.0. The summed E-state index contributed by atoms with van der Waals surface area (Å²) in [7, 11) is 0. The van der Waals surface area contributed by atoms with Gasteiger partial charge in [0.1, 0.15) is 5.82 Å². The maximum atomic E-state index is 12.6. The van der Waals surface area contributed by atoms with Gasteiger partial charge >= 0.3 is 0 Å². The van der Waals surface area contributed by atoms with Gasteiger partial charge in [-0.3, -0.25) is 4.79 Å². The summed E-state index contributed by atoms with van der Waals surface area (Å²) in [6, 6.07) is 8.29. The monoisotopic (exact) mass is 315 g/mol. The molecule has 0 spiro atoms. The van der Waals surface area contributed by atoms with Crippen LogP contribution in [0.4, 0.5) is 5.82 Å². The minimum atomic E-state index is -0.0619. The minimum absolute atomic E-state index is 0.0619. The molecule has 1 aromatic heterocycles. The molecule has 1 aliphatic carbocycles. The average molecular weight is 315 g/mol. The molecular weight excluding hydrogens is 294 g/mol. The van der Waals surface area contributed by atoms with Crippen LogP contribution >= 0.6 is 11.8 Å². The van der Waals surface area contributed by atoms with Gasteiger partial charge in [-0.05, 0) is 43.7 Å². The van der Waals surface area contributed by atoms with Crippen LogP contribution in [0.15, 0.2) is 35.4 Å². The van der Waals surface area contributed by atoms with E-state index in [4.69, 9.17) is 0 Å². The first-order valence-electron chi connectivity index (χ1n) is 7.68. The number of hydrogen-bond acceptors (Lipinski definition) is 3. The van der Waals surface area contributed by atoms with Gasteiger partial charge in [0.25, 0.3) is 5.91 Å². The Labute approximate surface area is 135 Å². The largest absolute Gasteiger partial charge is 0.307 e. The van der Waals surface area contributed by atoms with Gasteiger partial charge in [-0.1, -0.05) is 18.9 Å². The van der Waals surface area contributed by atoms with E-state index in [9.17, 15) is 4.79 Å². The molecule has 2 aromatic rings. The molecule has 0 saturated heterocycles. The first kappa shape index (κ1) is 15.2. The number of carbonyl (C=O) groups is 1. The van der Waals surface area contributed by atoms with E-state index in [2.05, 4.69) is 10.4 Å². The van der Waals surface area contributed by atoms with Crippen LogP contribution in [0.3, 0.4) is 0 Å². The molecule has 116 valence electrons. The van der Waals surface area contributed by atoms with Crippen molar-refractivity contribution in [1.29, 1.82) is 0 Å². The van der Waals surface area contributed by atoms with Gasteiger partial charge in [0.05, 0.1) is 12.2 Å². The van der Waals surface area contributed by atoms with Crippen LogP contribution < -0.4 is 5.32 Å². The molecule has 1 saturated carbocycles. The topological polar surface area (TPSA) is 46.9 Å². The lowest BCUT2D eigenvalue weighted by atomic mass is 10.1. The Balaban J connectivity index is 1.81. The second-order valence-corrected chi connectivity index (χ2v) is 6.61. The summed E-state index contributed by atoms with van der Waals surface area (Å²) in [5.74, 6) is 0.735. The Morgan fingerprint density at radius 1 is 1.32 bits per heavy atom. The molecule has 5 heteroatoms. The quantitative estimate of drug-likeness (QED) is 0.857. The first-order valence-corrected chi connectivity index (χ1v) is 8.91. The molecule has 3 rings (SSSR count). The molecule has 1 aliphatic rings. The normalized spacial score (nSPS) is 15.2. The molecule has 1 heterocycles. The van der Waals surface area contributed by atoms with Crippen molar-refractivity contribution in [1.82, 2.24) is 9.78 Å². The van der Waals surface area contributed by atoms with Crippen LogP contribution in [-0.2, 0) is 0 Å². The van der Waals surface area contributed by atoms with Crippen molar-refractivity contribution >= 4 is 23.5 Å². The van der Waals surface area contributed by atoms with Crippen molar-refractivity contribution in [3.05, 3.63) is 41.6 Å². The maximum absolute atomic E-state index is 12.6. The van der Waals surface area contributed by atoms with E-state index in [1.165, 1.54) is 12.8 Å². The van der Waals surface area contributed by atoms with Gasteiger partial charge in [-0.25, -0.2) is 4.68 Å². The first-order chi connectivity index (χ1) is 10.7. The number of rotatable bonds is 4. The molecule has 0 bridgehead atoms. The number of aryl methyl sites for hydroxylation is 1. The SMILES string of the molecule is CSc1ccc(C)c(C(=O)Nc2ccnn2C2CCCC2)c1. The van der Waals surface area contributed by atoms with Crippen molar-refractivity contribution in [2.45, 2.75) is 43.5 Å². The number of thioether (sulfide) groups is 1. The van der Waals surface area contributed by atoms with Gasteiger partial charge in [-0.2, -0.15) is 5.10 Å². The number of amides is 1. The highest BCUT2D eigenvalue weighted by Crippen LogP contribution is 2.31. The Morgan fingerprint density at radius 3 is 2.82 bits per heavy atom. The van der Waals surface area contributed by atoms with E-state index < -0.39 is 0 Å². The smallest absolute Gasteiger partial charge is 0.257 e. The molecule has 22 heavy (non-hydrogen) atoms. The predicted octanol–water partition coefficient (Wildman–Crippen LogP) is 4.28. The van der Waals surface area contributed by atoms with Gasteiger partial charge in [0.2, 0.25) is 0 Å². The zero-order valence-corrected chi connectivity index (χ0v) is 13.8. The van der Waals surface area contributed by atoms with Gasteiger partial charge in [0.15, 0.2) is 0 Å². The van der Waals surface area contributed by atoms with Crippen LogP contribution in [0.1, 0.15) is 47.6 Å². The van der Waals surface area contributed by atoms with E-state index in [1.807, 2.05) is 42.1 Å². The lowest BCUT2D eigenvalue weighted by Gasteiger charge is -2.15. The van der Waals surface area contributed by atoms with E-state index in [1.54, 1.807) is 18.0 Å². The summed E-state index contributed by atoms with van der Waals surface area (Å²) in [5, 5.41) is 7.43. The lowest BCUT2D eigenvalue weighted by Crippen LogP contribution is -2.18. The summed E-state index contributed by atoms with van der Waals surface area (Å²) in [4.78, 5) is 13.7. The van der Waals surface area contributed by atoms with E-state index >= 15 is 0 Å². The third-order valence-corrected chi connectivity index (χ3v) is 5.00. The third-order valence-electron chi connectivity index (χ3n) is 4.27.